The molecule has 4 heterocycles. The van der Waals surface area contributed by atoms with Gasteiger partial charge in [0.05, 0.1) is 17.1 Å². The zero-order valence-corrected chi connectivity index (χ0v) is 18.8. The number of thiophene rings is 1. The van der Waals surface area contributed by atoms with E-state index < -0.39 is 0 Å². The molecule has 9 heteroatoms. The van der Waals surface area contributed by atoms with Gasteiger partial charge in [-0.2, -0.15) is 10.2 Å². The third-order valence-electron chi connectivity index (χ3n) is 5.08. The molecular formula is C23H19ClN6OS. The summed E-state index contributed by atoms with van der Waals surface area (Å²) in [6, 6.07) is 15.3. The highest BCUT2D eigenvalue weighted by atomic mass is 35.5. The molecule has 1 aromatic carbocycles. The number of aromatic nitrogens is 5. The molecular weight excluding hydrogens is 444 g/mol. The van der Waals surface area contributed by atoms with E-state index in [1.807, 2.05) is 66.3 Å². The first-order chi connectivity index (χ1) is 15.6. The molecule has 160 valence electrons. The minimum atomic E-state index is -0.110. The van der Waals surface area contributed by atoms with Gasteiger partial charge in [-0.05, 0) is 54.4 Å². The number of nitrogens with zero attached hydrogens (tertiary/aromatic N) is 5. The van der Waals surface area contributed by atoms with Crippen molar-refractivity contribution < 1.29 is 4.79 Å². The Morgan fingerprint density at radius 2 is 1.97 bits per heavy atom. The van der Waals surface area contributed by atoms with Crippen LogP contribution in [0, 0.1) is 6.92 Å². The number of carbonyl (C=O) groups excluding carboxylic acids is 1. The predicted octanol–water partition coefficient (Wildman–Crippen LogP) is 4.62. The number of benzene rings is 1. The minimum Gasteiger partial charge on any atom is -0.347 e. The maximum absolute atomic E-state index is 12.8. The number of rotatable bonds is 6. The fourth-order valence-electron chi connectivity index (χ4n) is 3.46. The van der Waals surface area contributed by atoms with Crippen molar-refractivity contribution in [1.29, 1.82) is 0 Å². The van der Waals surface area contributed by atoms with Crippen molar-refractivity contribution in [1.82, 2.24) is 29.9 Å². The Bertz CT molecular complexity index is 1390. The first kappa shape index (κ1) is 20.4. The summed E-state index contributed by atoms with van der Waals surface area (Å²) in [5, 5.41) is 13.5. The first-order valence-electron chi connectivity index (χ1n) is 10.0. The number of hydrogen-bond acceptors (Lipinski definition) is 5. The van der Waals surface area contributed by atoms with Crippen molar-refractivity contribution in [3.8, 4) is 5.82 Å². The number of nitrogens with one attached hydrogen (secondary N) is 1. The molecule has 0 bridgehead atoms. The van der Waals surface area contributed by atoms with E-state index in [9.17, 15) is 4.79 Å². The standard InChI is InChI=1S/C23H19ClN6OS/c1-15-19-12-20(32-23(19)30(28-15)14-16-3-5-18(24)6-4-16)22(31)26-13-17-7-9-25-21(11-17)29-10-2-8-27-29/h2-12H,13-14H2,1H3,(H,26,31). The normalized spacial score (nSPS) is 11.2. The van der Waals surface area contributed by atoms with E-state index in [0.29, 0.717) is 28.8 Å². The highest BCUT2D eigenvalue weighted by Gasteiger charge is 2.16. The summed E-state index contributed by atoms with van der Waals surface area (Å²) in [4.78, 5) is 18.8. The largest absolute Gasteiger partial charge is 0.347 e. The fraction of sp³-hybridized carbons (Fsp3) is 0.130. The van der Waals surface area contributed by atoms with Gasteiger partial charge in [-0.1, -0.05) is 23.7 Å². The molecule has 0 saturated carbocycles. The van der Waals surface area contributed by atoms with Gasteiger partial charge in [-0.15, -0.1) is 11.3 Å². The highest BCUT2D eigenvalue weighted by Crippen LogP contribution is 2.29. The third-order valence-corrected chi connectivity index (χ3v) is 6.48. The van der Waals surface area contributed by atoms with E-state index in [1.165, 1.54) is 11.3 Å². The minimum absolute atomic E-state index is 0.110. The lowest BCUT2D eigenvalue weighted by Crippen LogP contribution is -2.22. The molecule has 32 heavy (non-hydrogen) atoms. The molecule has 0 fully saturated rings. The highest BCUT2D eigenvalue weighted by molar-refractivity contribution is 7.20. The third kappa shape index (κ3) is 4.15. The molecule has 0 radical (unpaired) electrons. The molecule has 1 amide bonds. The Kier molecular flexibility index (Phi) is 5.46. The van der Waals surface area contributed by atoms with Crippen molar-refractivity contribution >= 4 is 39.1 Å². The molecule has 5 rings (SSSR count). The Balaban J connectivity index is 1.32. The van der Waals surface area contributed by atoms with Crippen molar-refractivity contribution in [3.63, 3.8) is 0 Å². The van der Waals surface area contributed by atoms with E-state index in [-0.39, 0.29) is 5.91 Å². The zero-order valence-electron chi connectivity index (χ0n) is 17.2. The summed E-state index contributed by atoms with van der Waals surface area (Å²) < 4.78 is 3.63. The molecule has 7 nitrogen and oxygen atoms in total. The van der Waals surface area contributed by atoms with Gasteiger partial charge in [0.2, 0.25) is 0 Å². The molecule has 0 spiro atoms. The molecule has 0 unspecified atom stereocenters. The smallest absolute Gasteiger partial charge is 0.261 e. The SMILES string of the molecule is Cc1nn(Cc2ccc(Cl)cc2)c2sc(C(=O)NCc3ccnc(-n4cccn4)c3)cc12. The summed E-state index contributed by atoms with van der Waals surface area (Å²) in [5.41, 5.74) is 2.95. The Hall–Kier alpha value is -3.49. The maximum atomic E-state index is 12.8. The van der Waals surface area contributed by atoms with Crippen LogP contribution in [-0.2, 0) is 13.1 Å². The summed E-state index contributed by atoms with van der Waals surface area (Å²) in [6.45, 7) is 2.99. The molecule has 0 aliphatic rings. The number of aryl methyl sites for hydroxylation is 1. The van der Waals surface area contributed by atoms with Gasteiger partial charge < -0.3 is 5.32 Å². The summed E-state index contributed by atoms with van der Waals surface area (Å²) in [7, 11) is 0. The summed E-state index contributed by atoms with van der Waals surface area (Å²) in [6.07, 6.45) is 5.25. The van der Waals surface area contributed by atoms with Crippen LogP contribution in [0.2, 0.25) is 5.02 Å². The van der Waals surface area contributed by atoms with Crippen LogP contribution in [0.5, 0.6) is 0 Å². The molecule has 0 saturated heterocycles. The number of hydrogen-bond donors (Lipinski definition) is 1. The number of amides is 1. The Morgan fingerprint density at radius 3 is 2.75 bits per heavy atom. The van der Waals surface area contributed by atoms with Crippen molar-refractivity contribution in [2.24, 2.45) is 0 Å². The number of pyridine rings is 1. The molecule has 4 aromatic heterocycles. The van der Waals surface area contributed by atoms with Crippen LogP contribution in [0.3, 0.4) is 0 Å². The van der Waals surface area contributed by atoms with E-state index >= 15 is 0 Å². The van der Waals surface area contributed by atoms with Crippen molar-refractivity contribution in [2.75, 3.05) is 0 Å². The average molecular weight is 463 g/mol. The Morgan fingerprint density at radius 1 is 1.12 bits per heavy atom. The van der Waals surface area contributed by atoms with Gasteiger partial charge in [0, 0.05) is 35.5 Å². The van der Waals surface area contributed by atoms with E-state index in [2.05, 4.69) is 20.5 Å². The van der Waals surface area contributed by atoms with Gasteiger partial charge in [0.25, 0.3) is 5.91 Å². The van der Waals surface area contributed by atoms with E-state index in [1.54, 1.807) is 17.1 Å². The van der Waals surface area contributed by atoms with Gasteiger partial charge in [0.15, 0.2) is 5.82 Å². The second-order valence-corrected chi connectivity index (χ2v) is 8.82. The monoisotopic (exact) mass is 462 g/mol. The number of carbonyl (C=O) groups is 1. The molecule has 1 N–H and O–H groups in total. The second-order valence-electron chi connectivity index (χ2n) is 7.35. The van der Waals surface area contributed by atoms with Crippen LogP contribution >= 0.6 is 22.9 Å². The topological polar surface area (TPSA) is 77.6 Å². The number of fused-ring (bicyclic) bond motifs is 1. The lowest BCUT2D eigenvalue weighted by molar-refractivity contribution is 0.0955. The predicted molar refractivity (Wildman–Crippen MR) is 125 cm³/mol. The molecule has 0 aliphatic carbocycles. The molecule has 0 atom stereocenters. The van der Waals surface area contributed by atoms with Gasteiger partial charge in [-0.3, -0.25) is 9.48 Å². The summed E-state index contributed by atoms with van der Waals surface area (Å²) in [5.74, 6) is 0.600. The second kappa shape index (κ2) is 8.57. The van der Waals surface area contributed by atoms with Crippen LogP contribution in [0.15, 0.2) is 67.1 Å². The van der Waals surface area contributed by atoms with Gasteiger partial charge in [0.1, 0.15) is 4.83 Å². The van der Waals surface area contributed by atoms with Crippen molar-refractivity contribution in [2.45, 2.75) is 20.0 Å². The van der Waals surface area contributed by atoms with Gasteiger partial charge in [-0.25, -0.2) is 9.67 Å². The molecule has 0 aliphatic heterocycles. The fourth-order valence-corrected chi connectivity index (χ4v) is 4.67. The van der Waals surface area contributed by atoms with Crippen LogP contribution in [0.1, 0.15) is 26.5 Å². The zero-order chi connectivity index (χ0) is 22.1. The van der Waals surface area contributed by atoms with Crippen LogP contribution in [0.25, 0.3) is 16.0 Å². The van der Waals surface area contributed by atoms with Crippen LogP contribution in [0.4, 0.5) is 0 Å². The van der Waals surface area contributed by atoms with E-state index in [4.69, 9.17) is 11.6 Å². The average Bonchev–Trinajstić information content (AvgIpc) is 3.53. The molecule has 5 aromatic rings. The lowest BCUT2D eigenvalue weighted by atomic mass is 10.2. The Labute approximate surface area is 193 Å². The van der Waals surface area contributed by atoms with Crippen molar-refractivity contribution in [3.05, 3.63) is 93.8 Å². The van der Waals surface area contributed by atoms with E-state index in [0.717, 1.165) is 27.0 Å². The first-order valence-corrected chi connectivity index (χ1v) is 11.2. The van der Waals surface area contributed by atoms with Gasteiger partial charge >= 0.3 is 0 Å². The summed E-state index contributed by atoms with van der Waals surface area (Å²) >= 11 is 7.44. The van der Waals surface area contributed by atoms with Crippen LogP contribution in [-0.4, -0.2) is 30.5 Å². The lowest BCUT2D eigenvalue weighted by Gasteiger charge is -2.06. The van der Waals surface area contributed by atoms with Crippen LogP contribution < -0.4 is 5.32 Å². The quantitative estimate of drug-likeness (QED) is 0.399. The maximum Gasteiger partial charge on any atom is 0.261 e. The number of halogens is 1.